The highest BCUT2D eigenvalue weighted by Crippen LogP contribution is 2.34. The third-order valence-corrected chi connectivity index (χ3v) is 4.58. The number of carbonyl (C=O) groups is 2. The van der Waals surface area contributed by atoms with Crippen molar-refractivity contribution in [1.82, 2.24) is 15.5 Å². The fourth-order valence-corrected chi connectivity index (χ4v) is 3.28. The van der Waals surface area contributed by atoms with Crippen LogP contribution in [0.15, 0.2) is 0 Å². The molecule has 2 fully saturated rings. The van der Waals surface area contributed by atoms with Crippen LogP contribution in [-0.2, 0) is 4.79 Å². The average Bonchev–Trinajstić information content (AvgIpc) is 2.80. The van der Waals surface area contributed by atoms with Crippen LogP contribution >= 0.6 is 0 Å². The number of amides is 2. The topological polar surface area (TPSA) is 81.7 Å². The molecule has 2 amide bonds. The van der Waals surface area contributed by atoms with Gasteiger partial charge in [0, 0.05) is 12.6 Å². The van der Waals surface area contributed by atoms with Gasteiger partial charge in [0.15, 0.2) is 0 Å². The van der Waals surface area contributed by atoms with Crippen LogP contribution < -0.4 is 10.6 Å². The van der Waals surface area contributed by atoms with Crippen molar-refractivity contribution in [1.29, 1.82) is 0 Å². The Hall–Kier alpha value is -1.30. The second kappa shape index (κ2) is 6.43. The Labute approximate surface area is 119 Å². The first-order valence-corrected chi connectivity index (χ1v) is 7.56. The van der Waals surface area contributed by atoms with E-state index >= 15 is 0 Å². The molecule has 0 aromatic heterocycles. The molecule has 1 saturated heterocycles. The minimum absolute atomic E-state index is 0.0188. The lowest BCUT2D eigenvalue weighted by Crippen LogP contribution is -2.58. The minimum Gasteiger partial charge on any atom is -0.481 e. The first-order valence-electron chi connectivity index (χ1n) is 7.56. The molecule has 6 heteroatoms. The normalized spacial score (nSPS) is 24.9. The molecule has 0 spiro atoms. The maximum atomic E-state index is 12.0. The van der Waals surface area contributed by atoms with E-state index in [4.69, 9.17) is 5.11 Å². The van der Waals surface area contributed by atoms with Gasteiger partial charge < -0.3 is 15.7 Å². The van der Waals surface area contributed by atoms with Gasteiger partial charge in [0.25, 0.3) is 0 Å². The number of urea groups is 1. The molecule has 0 radical (unpaired) electrons. The summed E-state index contributed by atoms with van der Waals surface area (Å²) in [6.07, 6.45) is 4.83. The maximum Gasteiger partial charge on any atom is 0.315 e. The van der Waals surface area contributed by atoms with Crippen LogP contribution in [0.3, 0.4) is 0 Å². The monoisotopic (exact) mass is 283 g/mol. The number of hydrogen-bond acceptors (Lipinski definition) is 3. The number of rotatable bonds is 6. The largest absolute Gasteiger partial charge is 0.481 e. The fourth-order valence-electron chi connectivity index (χ4n) is 3.28. The standard InChI is InChI=1S/C14H25N3O3/c1-2-17-8-3-5-11(17)10-15-13(20)16-14(6-4-7-14)9-12(18)19/h11H,2-10H2,1H3,(H,18,19)(H2,15,16,20). The smallest absolute Gasteiger partial charge is 0.315 e. The van der Waals surface area contributed by atoms with Gasteiger partial charge in [0.1, 0.15) is 0 Å². The Bertz CT molecular complexity index is 369. The number of likely N-dealkylation sites (tertiary alicyclic amines) is 1. The summed E-state index contributed by atoms with van der Waals surface area (Å²) in [5, 5.41) is 14.7. The Morgan fingerprint density at radius 2 is 2.10 bits per heavy atom. The van der Waals surface area contributed by atoms with Crippen molar-refractivity contribution in [3.8, 4) is 0 Å². The van der Waals surface area contributed by atoms with Gasteiger partial charge in [-0.05, 0) is 45.2 Å². The van der Waals surface area contributed by atoms with Gasteiger partial charge in [0.2, 0.25) is 0 Å². The molecule has 1 aliphatic heterocycles. The molecule has 114 valence electrons. The van der Waals surface area contributed by atoms with E-state index < -0.39 is 11.5 Å². The summed E-state index contributed by atoms with van der Waals surface area (Å²) in [7, 11) is 0. The maximum absolute atomic E-state index is 12.0. The van der Waals surface area contributed by atoms with E-state index in [2.05, 4.69) is 22.5 Å². The summed E-state index contributed by atoms with van der Waals surface area (Å²) in [6, 6.07) is 0.191. The number of carboxylic acid groups (broad SMARTS) is 1. The number of likely N-dealkylation sites (N-methyl/N-ethyl adjacent to an activating group) is 1. The highest BCUT2D eigenvalue weighted by atomic mass is 16.4. The highest BCUT2D eigenvalue weighted by molar-refractivity contribution is 5.77. The molecule has 20 heavy (non-hydrogen) atoms. The molecular formula is C14H25N3O3. The number of nitrogens with one attached hydrogen (secondary N) is 2. The van der Waals surface area contributed by atoms with Gasteiger partial charge in [-0.25, -0.2) is 4.79 Å². The number of hydrogen-bond donors (Lipinski definition) is 3. The summed E-state index contributed by atoms with van der Waals surface area (Å²) >= 11 is 0. The van der Waals surface area contributed by atoms with Gasteiger partial charge >= 0.3 is 12.0 Å². The van der Waals surface area contributed by atoms with Crippen LogP contribution in [0.2, 0.25) is 0 Å². The van der Waals surface area contributed by atoms with Crippen molar-refractivity contribution in [3.05, 3.63) is 0 Å². The van der Waals surface area contributed by atoms with Crippen molar-refractivity contribution in [2.45, 2.75) is 57.0 Å². The third kappa shape index (κ3) is 3.62. The minimum atomic E-state index is -0.849. The lowest BCUT2D eigenvalue weighted by Gasteiger charge is -2.41. The Balaban J connectivity index is 1.76. The Morgan fingerprint density at radius 1 is 1.35 bits per heavy atom. The van der Waals surface area contributed by atoms with Gasteiger partial charge in [-0.3, -0.25) is 9.69 Å². The van der Waals surface area contributed by atoms with Crippen LogP contribution in [0.4, 0.5) is 4.79 Å². The molecule has 1 heterocycles. The van der Waals surface area contributed by atoms with Crippen molar-refractivity contribution >= 4 is 12.0 Å². The molecule has 6 nitrogen and oxygen atoms in total. The lowest BCUT2D eigenvalue weighted by atomic mass is 9.74. The molecule has 0 bridgehead atoms. The molecular weight excluding hydrogens is 258 g/mol. The van der Waals surface area contributed by atoms with E-state index in [9.17, 15) is 9.59 Å². The van der Waals surface area contributed by atoms with E-state index in [1.807, 2.05) is 0 Å². The van der Waals surface area contributed by atoms with E-state index in [0.717, 1.165) is 38.8 Å². The van der Waals surface area contributed by atoms with Gasteiger partial charge in [0.05, 0.1) is 12.0 Å². The quantitative estimate of drug-likeness (QED) is 0.683. The molecule has 1 atom stereocenters. The van der Waals surface area contributed by atoms with Gasteiger partial charge in [-0.2, -0.15) is 0 Å². The zero-order chi connectivity index (χ0) is 14.6. The number of carbonyl (C=O) groups excluding carboxylic acids is 1. The van der Waals surface area contributed by atoms with Gasteiger partial charge in [-0.15, -0.1) is 0 Å². The van der Waals surface area contributed by atoms with E-state index in [-0.39, 0.29) is 12.5 Å². The molecule has 1 aliphatic carbocycles. The molecule has 2 rings (SSSR count). The zero-order valence-corrected chi connectivity index (χ0v) is 12.2. The lowest BCUT2D eigenvalue weighted by molar-refractivity contribution is -0.139. The summed E-state index contributed by atoms with van der Waals surface area (Å²) in [4.78, 5) is 25.2. The van der Waals surface area contributed by atoms with Crippen LogP contribution in [0.5, 0.6) is 0 Å². The van der Waals surface area contributed by atoms with Crippen molar-refractivity contribution in [3.63, 3.8) is 0 Å². The average molecular weight is 283 g/mol. The Morgan fingerprint density at radius 3 is 2.65 bits per heavy atom. The Kier molecular flexibility index (Phi) is 4.86. The highest BCUT2D eigenvalue weighted by Gasteiger charge is 2.40. The fraction of sp³-hybridized carbons (Fsp3) is 0.857. The number of carboxylic acids is 1. The first kappa shape index (κ1) is 15.1. The summed E-state index contributed by atoms with van der Waals surface area (Å²) < 4.78 is 0. The molecule has 0 aromatic rings. The van der Waals surface area contributed by atoms with E-state index in [1.54, 1.807) is 0 Å². The van der Waals surface area contributed by atoms with E-state index in [0.29, 0.717) is 12.6 Å². The van der Waals surface area contributed by atoms with Gasteiger partial charge in [-0.1, -0.05) is 6.92 Å². The first-order chi connectivity index (χ1) is 9.54. The third-order valence-electron chi connectivity index (χ3n) is 4.58. The van der Waals surface area contributed by atoms with Crippen molar-refractivity contribution in [2.75, 3.05) is 19.6 Å². The van der Waals surface area contributed by atoms with E-state index in [1.165, 1.54) is 6.42 Å². The molecule has 3 N–H and O–H groups in total. The van der Waals surface area contributed by atoms with Crippen LogP contribution in [-0.4, -0.2) is 53.2 Å². The number of aliphatic carboxylic acids is 1. The zero-order valence-electron chi connectivity index (χ0n) is 12.2. The van der Waals surface area contributed by atoms with Crippen molar-refractivity contribution in [2.24, 2.45) is 0 Å². The summed E-state index contributed by atoms with van der Waals surface area (Å²) in [5.74, 6) is -0.849. The summed E-state index contributed by atoms with van der Waals surface area (Å²) in [5.41, 5.74) is -0.518. The van der Waals surface area contributed by atoms with Crippen LogP contribution in [0, 0.1) is 0 Å². The molecule has 0 aromatic carbocycles. The van der Waals surface area contributed by atoms with Crippen LogP contribution in [0.1, 0.15) is 45.4 Å². The second-order valence-corrected chi connectivity index (χ2v) is 5.96. The number of nitrogens with zero attached hydrogens (tertiary/aromatic N) is 1. The molecule has 1 unspecified atom stereocenters. The SMILES string of the molecule is CCN1CCCC1CNC(=O)NC1(CC(=O)O)CCC1. The second-order valence-electron chi connectivity index (χ2n) is 5.96. The predicted octanol–water partition coefficient (Wildman–Crippen LogP) is 1.17. The molecule has 2 aliphatic rings. The molecule has 1 saturated carbocycles. The summed E-state index contributed by atoms with van der Waals surface area (Å²) in [6.45, 7) is 4.89. The van der Waals surface area contributed by atoms with Crippen LogP contribution in [0.25, 0.3) is 0 Å². The van der Waals surface area contributed by atoms with Crippen molar-refractivity contribution < 1.29 is 14.7 Å². The predicted molar refractivity (Wildman–Crippen MR) is 75.6 cm³/mol.